The third kappa shape index (κ3) is 3.90. The number of anilines is 1. The minimum Gasteiger partial charge on any atom is -0.496 e. The number of carbonyl (C=O) groups excluding carboxylic acids is 2. The first-order chi connectivity index (χ1) is 15.6. The van der Waals surface area contributed by atoms with Crippen LogP contribution in [-0.4, -0.2) is 45.6 Å². The molecule has 4 aromatic rings. The number of thiazole rings is 1. The monoisotopic (exact) mass is 465 g/mol. The van der Waals surface area contributed by atoms with E-state index < -0.39 is 0 Å². The van der Waals surface area contributed by atoms with Crippen LogP contribution in [0.4, 0.5) is 5.13 Å². The van der Waals surface area contributed by atoms with Crippen LogP contribution in [-0.2, 0) is 13.0 Å². The number of nitrogens with zero attached hydrogens (tertiary/aromatic N) is 3. The summed E-state index contributed by atoms with van der Waals surface area (Å²) in [5, 5.41) is 14.2. The Bertz CT molecular complexity index is 1280. The maximum atomic E-state index is 13.1. The Morgan fingerprint density at radius 3 is 2.94 bits per heavy atom. The molecule has 0 spiro atoms. The van der Waals surface area contributed by atoms with Crippen molar-refractivity contribution in [2.45, 2.75) is 13.0 Å². The Morgan fingerprint density at radius 2 is 2.12 bits per heavy atom. The second kappa shape index (κ2) is 8.56. The van der Waals surface area contributed by atoms with Crippen molar-refractivity contribution in [3.05, 3.63) is 69.0 Å². The summed E-state index contributed by atoms with van der Waals surface area (Å²) in [6.45, 7) is 1.000. The van der Waals surface area contributed by atoms with E-state index in [1.54, 1.807) is 29.5 Å². The second-order valence-corrected chi connectivity index (χ2v) is 9.06. The summed E-state index contributed by atoms with van der Waals surface area (Å²) in [5.41, 5.74) is 3.44. The lowest BCUT2D eigenvalue weighted by atomic mass is 10.1. The van der Waals surface area contributed by atoms with Gasteiger partial charge in [-0.05, 0) is 29.6 Å². The average Bonchev–Trinajstić information content (AvgIpc) is 3.58. The van der Waals surface area contributed by atoms with Crippen molar-refractivity contribution in [1.82, 2.24) is 20.1 Å². The van der Waals surface area contributed by atoms with Gasteiger partial charge in [-0.25, -0.2) is 4.98 Å². The van der Waals surface area contributed by atoms with Crippen LogP contribution in [0.3, 0.4) is 0 Å². The lowest BCUT2D eigenvalue weighted by Gasteiger charge is -2.25. The minimum absolute atomic E-state index is 0.124. The number of aromatic nitrogens is 3. The van der Waals surface area contributed by atoms with Crippen LogP contribution in [0.2, 0.25) is 0 Å². The first-order valence-corrected chi connectivity index (χ1v) is 11.7. The molecule has 0 aliphatic carbocycles. The Hall–Kier alpha value is -3.50. The highest BCUT2D eigenvalue weighted by Crippen LogP contribution is 2.31. The van der Waals surface area contributed by atoms with Crippen LogP contribution in [0.5, 0.6) is 5.75 Å². The first-order valence-electron chi connectivity index (χ1n) is 9.92. The summed E-state index contributed by atoms with van der Waals surface area (Å²) in [6, 6.07) is 11.1. The van der Waals surface area contributed by atoms with Crippen LogP contribution < -0.4 is 10.1 Å². The SMILES string of the molecule is COc1ccccc1-c1cc(C(=O)N2CCc3nc(NC(=O)c4ccsc4)sc3C2)[nH]n1. The van der Waals surface area contributed by atoms with Gasteiger partial charge in [0.05, 0.1) is 30.6 Å². The van der Waals surface area contributed by atoms with Crippen molar-refractivity contribution < 1.29 is 14.3 Å². The van der Waals surface area contributed by atoms with Crippen LogP contribution in [0.15, 0.2) is 47.2 Å². The van der Waals surface area contributed by atoms with E-state index in [1.807, 2.05) is 29.6 Å². The van der Waals surface area contributed by atoms with E-state index in [4.69, 9.17) is 4.74 Å². The number of ether oxygens (including phenoxy) is 1. The smallest absolute Gasteiger partial charge is 0.272 e. The molecule has 1 aliphatic rings. The quantitative estimate of drug-likeness (QED) is 0.463. The molecule has 1 aromatic carbocycles. The molecule has 2 amide bonds. The van der Waals surface area contributed by atoms with Gasteiger partial charge in [-0.15, -0.1) is 0 Å². The largest absolute Gasteiger partial charge is 0.496 e. The molecule has 0 bridgehead atoms. The number of H-pyrrole nitrogens is 1. The fraction of sp³-hybridized carbons (Fsp3) is 0.182. The molecule has 3 aromatic heterocycles. The number of fused-ring (bicyclic) bond motifs is 1. The highest BCUT2D eigenvalue weighted by Gasteiger charge is 2.27. The van der Waals surface area contributed by atoms with Crippen LogP contribution in [0.1, 0.15) is 31.4 Å². The lowest BCUT2D eigenvalue weighted by Crippen LogP contribution is -2.35. The average molecular weight is 466 g/mol. The molecule has 8 nitrogen and oxygen atoms in total. The zero-order valence-electron chi connectivity index (χ0n) is 17.1. The van der Waals surface area contributed by atoms with E-state index in [1.165, 1.54) is 22.7 Å². The van der Waals surface area contributed by atoms with Gasteiger partial charge in [0.15, 0.2) is 5.13 Å². The van der Waals surface area contributed by atoms with E-state index in [2.05, 4.69) is 20.5 Å². The maximum Gasteiger partial charge on any atom is 0.272 e. The minimum atomic E-state index is -0.174. The molecule has 32 heavy (non-hydrogen) atoms. The highest BCUT2D eigenvalue weighted by atomic mass is 32.1. The van der Waals surface area contributed by atoms with Gasteiger partial charge in [0.25, 0.3) is 11.8 Å². The zero-order valence-corrected chi connectivity index (χ0v) is 18.8. The van der Waals surface area contributed by atoms with E-state index in [0.717, 1.165) is 16.1 Å². The summed E-state index contributed by atoms with van der Waals surface area (Å²) in [4.78, 5) is 32.7. The van der Waals surface area contributed by atoms with Gasteiger partial charge in [0.1, 0.15) is 11.4 Å². The summed E-state index contributed by atoms with van der Waals surface area (Å²) in [6.07, 6.45) is 0.638. The van der Waals surface area contributed by atoms with Crippen molar-refractivity contribution in [2.75, 3.05) is 19.0 Å². The number of nitrogens with one attached hydrogen (secondary N) is 2. The van der Waals surface area contributed by atoms with Gasteiger partial charge < -0.3 is 9.64 Å². The Labute approximate surface area is 191 Å². The molecular weight excluding hydrogens is 446 g/mol. The van der Waals surface area contributed by atoms with E-state index >= 15 is 0 Å². The zero-order chi connectivity index (χ0) is 22.1. The third-order valence-corrected chi connectivity index (χ3v) is 6.89. The number of thiophene rings is 1. The summed E-state index contributed by atoms with van der Waals surface area (Å²) in [7, 11) is 1.61. The van der Waals surface area contributed by atoms with E-state index in [-0.39, 0.29) is 11.8 Å². The molecule has 5 rings (SSSR count). The van der Waals surface area contributed by atoms with Crippen molar-refractivity contribution in [3.8, 4) is 17.0 Å². The van der Waals surface area contributed by atoms with Crippen LogP contribution in [0.25, 0.3) is 11.3 Å². The number of benzene rings is 1. The molecule has 0 saturated heterocycles. The number of aromatic amines is 1. The van der Waals surface area contributed by atoms with Gasteiger partial charge >= 0.3 is 0 Å². The number of carbonyl (C=O) groups is 2. The molecule has 2 N–H and O–H groups in total. The van der Waals surface area contributed by atoms with E-state index in [9.17, 15) is 9.59 Å². The Balaban J connectivity index is 1.30. The topological polar surface area (TPSA) is 100 Å². The van der Waals surface area contributed by atoms with Gasteiger partial charge in [-0.2, -0.15) is 16.4 Å². The molecule has 0 saturated carbocycles. The molecule has 162 valence electrons. The molecule has 0 unspecified atom stereocenters. The predicted molar refractivity (Wildman–Crippen MR) is 123 cm³/mol. The molecule has 4 heterocycles. The molecule has 10 heteroatoms. The number of hydrogen-bond acceptors (Lipinski definition) is 7. The second-order valence-electron chi connectivity index (χ2n) is 7.20. The summed E-state index contributed by atoms with van der Waals surface area (Å²) in [5.74, 6) is 0.399. The third-order valence-electron chi connectivity index (χ3n) is 5.21. The Morgan fingerprint density at radius 1 is 1.25 bits per heavy atom. The number of para-hydroxylation sites is 1. The summed E-state index contributed by atoms with van der Waals surface area (Å²) >= 11 is 2.88. The number of hydrogen-bond donors (Lipinski definition) is 2. The van der Waals surface area contributed by atoms with Crippen LogP contribution >= 0.6 is 22.7 Å². The maximum absolute atomic E-state index is 13.1. The molecular formula is C22H19N5O3S2. The molecule has 0 fully saturated rings. The number of methoxy groups -OCH3 is 1. The molecule has 0 radical (unpaired) electrons. The number of amides is 2. The van der Waals surface area contributed by atoms with Gasteiger partial charge in [0.2, 0.25) is 0 Å². The van der Waals surface area contributed by atoms with Gasteiger partial charge in [-0.3, -0.25) is 20.0 Å². The standard InChI is InChI=1S/C22H19N5O3S2/c1-30-18-5-3-2-4-14(18)16-10-17(26-25-16)21(29)27-8-6-15-19(11-27)32-22(23-15)24-20(28)13-7-9-31-12-13/h2-5,7,9-10,12H,6,8,11H2,1H3,(H,25,26)(H,23,24,28). The number of rotatable bonds is 5. The van der Waals surface area contributed by atoms with Crippen molar-refractivity contribution in [1.29, 1.82) is 0 Å². The fourth-order valence-corrected chi connectivity index (χ4v) is 5.24. The van der Waals surface area contributed by atoms with Gasteiger partial charge in [-0.1, -0.05) is 23.5 Å². The summed E-state index contributed by atoms with van der Waals surface area (Å²) < 4.78 is 5.39. The Kier molecular flexibility index (Phi) is 5.46. The predicted octanol–water partition coefficient (Wildman–Crippen LogP) is 4.05. The van der Waals surface area contributed by atoms with Crippen LogP contribution in [0, 0.1) is 0 Å². The first kappa shape index (κ1) is 20.4. The fourth-order valence-electron chi connectivity index (χ4n) is 3.58. The molecule has 0 atom stereocenters. The van der Waals surface area contributed by atoms with Crippen molar-refractivity contribution in [3.63, 3.8) is 0 Å². The lowest BCUT2D eigenvalue weighted by molar-refractivity contribution is 0.0730. The normalized spacial score (nSPS) is 13.0. The van der Waals surface area contributed by atoms with Crippen molar-refractivity contribution in [2.24, 2.45) is 0 Å². The molecule has 1 aliphatic heterocycles. The van der Waals surface area contributed by atoms with E-state index in [0.29, 0.717) is 47.3 Å². The van der Waals surface area contributed by atoms with Crippen molar-refractivity contribution >= 4 is 39.6 Å². The van der Waals surface area contributed by atoms with Gasteiger partial charge in [0, 0.05) is 28.8 Å². The highest BCUT2D eigenvalue weighted by molar-refractivity contribution is 7.16.